The third-order valence-corrected chi connectivity index (χ3v) is 2.92. The minimum Gasteiger partial charge on any atom is -0.271 e. The second kappa shape index (κ2) is 5.94. The second-order valence-corrected chi connectivity index (χ2v) is 4.56. The summed E-state index contributed by atoms with van der Waals surface area (Å²) in [6, 6.07) is 0.829. The Balaban J connectivity index is 2.92. The highest BCUT2D eigenvalue weighted by Crippen LogP contribution is 2.26. The Hall–Kier alpha value is -0.730. The van der Waals surface area contributed by atoms with Gasteiger partial charge in [0.2, 0.25) is 0 Å². The fourth-order valence-corrected chi connectivity index (χ4v) is 1.84. The van der Waals surface area contributed by atoms with Gasteiger partial charge in [-0.2, -0.15) is 13.2 Å². The zero-order valence-corrected chi connectivity index (χ0v) is 10.6. The summed E-state index contributed by atoms with van der Waals surface area (Å²) >= 11 is 2.84. The normalized spacial score (nSPS) is 13.7. The average Bonchev–Trinajstić information content (AvgIpc) is 2.26. The van der Waals surface area contributed by atoms with E-state index in [0.29, 0.717) is 0 Å². The summed E-state index contributed by atoms with van der Waals surface area (Å²) in [6.45, 7) is 0. The smallest absolute Gasteiger partial charge is 0.271 e. The number of hydrogen-bond donors (Lipinski definition) is 2. The van der Waals surface area contributed by atoms with E-state index in [-0.39, 0.29) is 4.47 Å². The highest BCUT2D eigenvalue weighted by Gasteiger charge is 2.32. The van der Waals surface area contributed by atoms with Gasteiger partial charge >= 0.3 is 6.18 Å². The molecule has 1 aromatic rings. The third kappa shape index (κ3) is 4.18. The Morgan fingerprint density at radius 3 is 2.39 bits per heavy atom. The Morgan fingerprint density at radius 2 is 1.89 bits per heavy atom. The lowest BCUT2D eigenvalue weighted by molar-refractivity contribution is -0.140. The van der Waals surface area contributed by atoms with Gasteiger partial charge in [0, 0.05) is 11.6 Å². The van der Waals surface area contributed by atoms with Crippen LogP contribution in [0.1, 0.15) is 12.0 Å². The molecule has 0 aliphatic rings. The lowest BCUT2D eigenvalue weighted by Gasteiger charge is -2.18. The first-order valence-corrected chi connectivity index (χ1v) is 5.69. The minimum absolute atomic E-state index is 0.0123. The van der Waals surface area contributed by atoms with Crippen LogP contribution in [0.25, 0.3) is 0 Å². The van der Waals surface area contributed by atoms with Crippen molar-refractivity contribution in [3.8, 4) is 0 Å². The van der Waals surface area contributed by atoms with Gasteiger partial charge in [0.25, 0.3) is 0 Å². The van der Waals surface area contributed by atoms with E-state index in [0.717, 1.165) is 12.1 Å². The summed E-state index contributed by atoms with van der Waals surface area (Å²) in [6.07, 6.45) is -6.22. The van der Waals surface area contributed by atoms with Crippen molar-refractivity contribution in [2.24, 2.45) is 5.84 Å². The van der Waals surface area contributed by atoms with E-state index in [9.17, 15) is 22.0 Å². The maximum absolute atomic E-state index is 13.6. The van der Waals surface area contributed by atoms with Crippen molar-refractivity contribution in [2.75, 3.05) is 0 Å². The summed E-state index contributed by atoms with van der Waals surface area (Å²) < 4.78 is 63.4. The van der Waals surface area contributed by atoms with Crippen LogP contribution in [0.2, 0.25) is 0 Å². The number of alkyl halides is 3. The summed E-state index contributed by atoms with van der Waals surface area (Å²) in [5, 5.41) is 0. The van der Waals surface area contributed by atoms with Crippen molar-refractivity contribution < 1.29 is 22.0 Å². The van der Waals surface area contributed by atoms with Crippen LogP contribution in [0.4, 0.5) is 22.0 Å². The molecule has 0 aliphatic carbocycles. The maximum atomic E-state index is 13.6. The largest absolute Gasteiger partial charge is 0.390 e. The van der Waals surface area contributed by atoms with Crippen LogP contribution in [0, 0.1) is 11.6 Å². The molecule has 18 heavy (non-hydrogen) atoms. The lowest BCUT2D eigenvalue weighted by Crippen LogP contribution is -2.40. The number of halogens is 6. The molecule has 0 bridgehead atoms. The summed E-state index contributed by atoms with van der Waals surface area (Å²) in [5.41, 5.74) is 1.48. The quantitative estimate of drug-likeness (QED) is 0.385. The first-order chi connectivity index (χ1) is 8.24. The molecule has 102 valence electrons. The highest BCUT2D eigenvalue weighted by molar-refractivity contribution is 9.10. The molecule has 0 radical (unpaired) electrons. The monoisotopic (exact) mass is 332 g/mol. The molecule has 0 aliphatic heterocycles. The van der Waals surface area contributed by atoms with Crippen LogP contribution in [-0.2, 0) is 6.42 Å². The van der Waals surface area contributed by atoms with E-state index >= 15 is 0 Å². The molecule has 2 nitrogen and oxygen atoms in total. The summed E-state index contributed by atoms with van der Waals surface area (Å²) in [4.78, 5) is 0. The molecule has 0 amide bonds. The van der Waals surface area contributed by atoms with Crippen molar-refractivity contribution in [3.05, 3.63) is 33.8 Å². The van der Waals surface area contributed by atoms with Gasteiger partial charge in [-0.15, -0.1) is 0 Å². The fraction of sp³-hybridized carbons (Fsp3) is 0.400. The molecule has 3 N–H and O–H groups in total. The first kappa shape index (κ1) is 15.3. The number of hydrazine groups is 1. The molecular formula is C10H10BrF5N2. The molecule has 0 saturated carbocycles. The molecular weight excluding hydrogens is 323 g/mol. The maximum Gasteiger partial charge on any atom is 0.390 e. The van der Waals surface area contributed by atoms with E-state index in [1.165, 1.54) is 0 Å². The van der Waals surface area contributed by atoms with E-state index in [4.69, 9.17) is 5.84 Å². The van der Waals surface area contributed by atoms with E-state index in [2.05, 4.69) is 15.9 Å². The van der Waals surface area contributed by atoms with Crippen LogP contribution in [0.5, 0.6) is 0 Å². The van der Waals surface area contributed by atoms with Crippen molar-refractivity contribution in [2.45, 2.75) is 25.1 Å². The highest BCUT2D eigenvalue weighted by atomic mass is 79.9. The van der Waals surface area contributed by atoms with Gasteiger partial charge < -0.3 is 0 Å². The molecule has 0 saturated heterocycles. The van der Waals surface area contributed by atoms with Gasteiger partial charge in [0.1, 0.15) is 11.6 Å². The molecule has 0 fully saturated rings. The number of nitrogens with two attached hydrogens (primary N) is 1. The van der Waals surface area contributed by atoms with Crippen molar-refractivity contribution in [1.82, 2.24) is 5.43 Å². The Labute approximate surface area is 108 Å². The predicted molar refractivity (Wildman–Crippen MR) is 59.5 cm³/mol. The number of nitrogens with one attached hydrogen (secondary N) is 1. The zero-order chi connectivity index (χ0) is 13.9. The van der Waals surface area contributed by atoms with E-state index < -0.39 is 42.3 Å². The summed E-state index contributed by atoms with van der Waals surface area (Å²) in [7, 11) is 0. The topological polar surface area (TPSA) is 38.0 Å². The van der Waals surface area contributed by atoms with Crippen LogP contribution < -0.4 is 11.3 Å². The standard InChI is InChI=1S/C10H10BrF5N2/c11-7-1-2-8(12)6(9(7)13)3-5(18-17)4-10(14,15)16/h1-2,5,18H,3-4,17H2. The zero-order valence-electron chi connectivity index (χ0n) is 8.99. The van der Waals surface area contributed by atoms with Gasteiger partial charge in [-0.3, -0.25) is 11.3 Å². The number of hydrogen-bond acceptors (Lipinski definition) is 2. The Kier molecular flexibility index (Phi) is 5.06. The Morgan fingerprint density at radius 1 is 1.28 bits per heavy atom. The molecule has 0 aromatic heterocycles. The second-order valence-electron chi connectivity index (χ2n) is 3.71. The van der Waals surface area contributed by atoms with E-state index in [1.807, 2.05) is 5.43 Å². The van der Waals surface area contributed by atoms with Gasteiger partial charge in [-0.25, -0.2) is 8.78 Å². The predicted octanol–water partition coefficient (Wildman–Crippen LogP) is 3.05. The molecule has 1 aromatic carbocycles. The SMILES string of the molecule is NNC(Cc1c(F)ccc(Br)c1F)CC(F)(F)F. The first-order valence-electron chi connectivity index (χ1n) is 4.90. The van der Waals surface area contributed by atoms with Gasteiger partial charge in [-0.05, 0) is 34.5 Å². The lowest BCUT2D eigenvalue weighted by atomic mass is 10.0. The third-order valence-electron chi connectivity index (χ3n) is 2.30. The van der Waals surface area contributed by atoms with Crippen LogP contribution in [-0.4, -0.2) is 12.2 Å². The van der Waals surface area contributed by atoms with E-state index in [1.54, 1.807) is 0 Å². The van der Waals surface area contributed by atoms with Crippen molar-refractivity contribution in [1.29, 1.82) is 0 Å². The number of benzene rings is 1. The molecule has 1 rings (SSSR count). The van der Waals surface area contributed by atoms with Crippen LogP contribution >= 0.6 is 15.9 Å². The molecule has 1 unspecified atom stereocenters. The molecule has 8 heteroatoms. The molecule has 0 spiro atoms. The van der Waals surface area contributed by atoms with Gasteiger partial charge in [-0.1, -0.05) is 0 Å². The van der Waals surface area contributed by atoms with Gasteiger partial charge in [0.05, 0.1) is 10.9 Å². The van der Waals surface area contributed by atoms with Gasteiger partial charge in [0.15, 0.2) is 0 Å². The van der Waals surface area contributed by atoms with Crippen LogP contribution in [0.15, 0.2) is 16.6 Å². The number of rotatable bonds is 4. The molecule has 0 heterocycles. The Bertz CT molecular complexity index is 421. The van der Waals surface area contributed by atoms with Crippen LogP contribution in [0.3, 0.4) is 0 Å². The van der Waals surface area contributed by atoms with Crippen molar-refractivity contribution in [3.63, 3.8) is 0 Å². The van der Waals surface area contributed by atoms with Crippen molar-refractivity contribution >= 4 is 15.9 Å². The molecule has 1 atom stereocenters. The fourth-order valence-electron chi connectivity index (χ4n) is 1.47. The average molecular weight is 333 g/mol. The summed E-state index contributed by atoms with van der Waals surface area (Å²) in [5.74, 6) is 3.14. The minimum atomic E-state index is -4.46.